The van der Waals surface area contributed by atoms with Gasteiger partial charge in [-0.05, 0) is 87.5 Å². The lowest BCUT2D eigenvalue weighted by Gasteiger charge is -2.56. The van der Waals surface area contributed by atoms with Crippen LogP contribution in [0.4, 0.5) is 0 Å². The smallest absolute Gasteiger partial charge is 0.131 e. The third-order valence-corrected chi connectivity index (χ3v) is 8.16. The van der Waals surface area contributed by atoms with Crippen LogP contribution in [-0.4, -0.2) is 21.6 Å². The monoisotopic (exact) mass is 327 g/mol. The van der Waals surface area contributed by atoms with Crippen LogP contribution in [0.2, 0.25) is 0 Å². The Bertz CT molecular complexity index is 630. The van der Waals surface area contributed by atoms with Crippen LogP contribution in [0.15, 0.2) is 16.8 Å². The molecule has 0 aromatic rings. The number of hydrogen-bond acceptors (Lipinski definition) is 3. The minimum absolute atomic E-state index is 0.0590. The fourth-order valence-electron chi connectivity index (χ4n) is 7.05. The molecule has 0 bridgehead atoms. The Labute approximate surface area is 145 Å². The van der Waals surface area contributed by atoms with Crippen molar-refractivity contribution in [2.75, 3.05) is 0 Å². The van der Waals surface area contributed by atoms with Gasteiger partial charge in [0.15, 0.2) is 0 Å². The zero-order valence-corrected chi connectivity index (χ0v) is 14.7. The van der Waals surface area contributed by atoms with Gasteiger partial charge in [-0.15, -0.1) is 6.42 Å². The molecule has 3 saturated carbocycles. The van der Waals surface area contributed by atoms with Crippen molar-refractivity contribution in [3.8, 4) is 12.3 Å². The highest BCUT2D eigenvalue weighted by atomic mass is 16.4. The maximum atomic E-state index is 11.1. The second kappa shape index (κ2) is 5.63. The van der Waals surface area contributed by atoms with Gasteiger partial charge in [-0.25, -0.2) is 0 Å². The molecule has 3 nitrogen and oxygen atoms in total. The molecule has 3 fully saturated rings. The SMILES string of the molecule is C#C[C@]1(O)CCC2C3CCC4=CC(=NO)CCC4C3CC[C@@]21CC. The Hall–Kier alpha value is -1.27. The first kappa shape index (κ1) is 16.2. The summed E-state index contributed by atoms with van der Waals surface area (Å²) in [4.78, 5) is 0. The normalized spacial score (nSPS) is 48.9. The van der Waals surface area contributed by atoms with Crippen molar-refractivity contribution < 1.29 is 10.3 Å². The van der Waals surface area contributed by atoms with Gasteiger partial charge in [-0.3, -0.25) is 0 Å². The predicted octanol–water partition coefficient (Wildman–Crippen LogP) is 4.14. The molecule has 0 heterocycles. The summed E-state index contributed by atoms with van der Waals surface area (Å²) in [6.45, 7) is 2.22. The van der Waals surface area contributed by atoms with Crippen LogP contribution in [0.1, 0.15) is 64.7 Å². The van der Waals surface area contributed by atoms with E-state index in [1.807, 2.05) is 0 Å². The summed E-state index contributed by atoms with van der Waals surface area (Å²) in [5.41, 5.74) is 1.40. The highest BCUT2D eigenvalue weighted by Gasteiger charge is 2.63. The average molecular weight is 327 g/mol. The van der Waals surface area contributed by atoms with E-state index < -0.39 is 5.60 Å². The number of allylic oxidation sites excluding steroid dienone is 2. The molecule has 0 amide bonds. The number of fused-ring (bicyclic) bond motifs is 5. The topological polar surface area (TPSA) is 52.8 Å². The zero-order valence-electron chi connectivity index (χ0n) is 14.7. The molecule has 24 heavy (non-hydrogen) atoms. The lowest BCUT2D eigenvalue weighted by molar-refractivity contribution is -0.0989. The zero-order chi connectivity index (χ0) is 16.9. The lowest BCUT2D eigenvalue weighted by Crippen LogP contribution is -2.53. The molecule has 0 aliphatic heterocycles. The number of oxime groups is 1. The molecule has 6 atom stereocenters. The molecule has 4 rings (SSSR count). The molecule has 4 unspecified atom stereocenters. The molecule has 0 aromatic carbocycles. The Morgan fingerprint density at radius 2 is 2.04 bits per heavy atom. The molecule has 0 saturated heterocycles. The third-order valence-electron chi connectivity index (χ3n) is 8.16. The van der Waals surface area contributed by atoms with Gasteiger partial charge in [-0.1, -0.05) is 23.6 Å². The minimum atomic E-state index is -0.892. The summed E-state index contributed by atoms with van der Waals surface area (Å²) in [6.07, 6.45) is 17.4. The summed E-state index contributed by atoms with van der Waals surface area (Å²) < 4.78 is 0. The highest BCUT2D eigenvalue weighted by Crippen LogP contribution is 2.66. The molecule has 0 aromatic heterocycles. The molecule has 0 spiro atoms. The van der Waals surface area contributed by atoms with E-state index >= 15 is 0 Å². The summed E-state index contributed by atoms with van der Waals surface area (Å²) in [5.74, 6) is 5.47. The number of rotatable bonds is 1. The molecule has 0 radical (unpaired) electrons. The van der Waals surface area contributed by atoms with Crippen molar-refractivity contribution in [3.63, 3.8) is 0 Å². The van der Waals surface area contributed by atoms with Crippen molar-refractivity contribution in [2.45, 2.75) is 70.3 Å². The average Bonchev–Trinajstić information content (AvgIpc) is 2.94. The first-order valence-corrected chi connectivity index (χ1v) is 9.70. The third kappa shape index (κ3) is 1.99. The van der Waals surface area contributed by atoms with Gasteiger partial charge >= 0.3 is 0 Å². The number of aliphatic hydroxyl groups is 1. The Balaban J connectivity index is 1.65. The van der Waals surface area contributed by atoms with Gasteiger partial charge in [-0.2, -0.15) is 0 Å². The molecule has 130 valence electrons. The second-order valence-corrected chi connectivity index (χ2v) is 8.52. The number of terminal acetylenes is 1. The van der Waals surface area contributed by atoms with Crippen LogP contribution in [0, 0.1) is 41.4 Å². The van der Waals surface area contributed by atoms with Gasteiger partial charge in [0.1, 0.15) is 5.60 Å². The van der Waals surface area contributed by atoms with Gasteiger partial charge in [0, 0.05) is 5.41 Å². The largest absolute Gasteiger partial charge is 0.411 e. The van der Waals surface area contributed by atoms with E-state index in [1.165, 1.54) is 18.4 Å². The Morgan fingerprint density at radius 3 is 2.75 bits per heavy atom. The first-order valence-electron chi connectivity index (χ1n) is 9.70. The fourth-order valence-corrected chi connectivity index (χ4v) is 7.05. The van der Waals surface area contributed by atoms with E-state index in [1.54, 1.807) is 0 Å². The standard InChI is InChI=1S/C21H29NO2/c1-3-20-11-9-17-16-8-6-15(22-24)13-14(16)5-7-18(17)19(20)10-12-21(20,23)4-2/h2,13,16-19,23-24H,3,5-12H2,1H3/t16?,17?,18?,19?,20-,21-/m0/s1. The van der Waals surface area contributed by atoms with Crippen molar-refractivity contribution in [3.05, 3.63) is 11.6 Å². The molecule has 4 aliphatic rings. The Kier molecular flexibility index (Phi) is 3.80. The second-order valence-electron chi connectivity index (χ2n) is 8.52. The highest BCUT2D eigenvalue weighted by molar-refractivity contribution is 5.96. The van der Waals surface area contributed by atoms with Gasteiger partial charge in [0.25, 0.3) is 0 Å². The van der Waals surface area contributed by atoms with Crippen LogP contribution >= 0.6 is 0 Å². The van der Waals surface area contributed by atoms with Crippen LogP contribution in [0.25, 0.3) is 0 Å². The quantitative estimate of drug-likeness (QED) is 0.432. The van der Waals surface area contributed by atoms with E-state index in [2.05, 4.69) is 24.1 Å². The number of nitrogens with zero attached hydrogens (tertiary/aromatic N) is 1. The molecule has 2 N–H and O–H groups in total. The predicted molar refractivity (Wildman–Crippen MR) is 94.7 cm³/mol. The summed E-state index contributed by atoms with van der Waals surface area (Å²) >= 11 is 0. The first-order chi connectivity index (χ1) is 11.6. The van der Waals surface area contributed by atoms with Crippen molar-refractivity contribution in [2.24, 2.45) is 34.2 Å². The van der Waals surface area contributed by atoms with Gasteiger partial charge < -0.3 is 10.3 Å². The van der Waals surface area contributed by atoms with E-state index in [0.717, 1.165) is 56.6 Å². The van der Waals surface area contributed by atoms with Crippen LogP contribution in [0.5, 0.6) is 0 Å². The Morgan fingerprint density at radius 1 is 1.21 bits per heavy atom. The van der Waals surface area contributed by atoms with E-state index in [-0.39, 0.29) is 5.41 Å². The summed E-state index contributed by atoms with van der Waals surface area (Å²) in [5, 5.41) is 23.7. The maximum Gasteiger partial charge on any atom is 0.131 e. The molecule has 3 heteroatoms. The summed E-state index contributed by atoms with van der Waals surface area (Å²) in [6, 6.07) is 0. The van der Waals surface area contributed by atoms with Crippen LogP contribution in [0.3, 0.4) is 0 Å². The van der Waals surface area contributed by atoms with Crippen molar-refractivity contribution >= 4 is 5.71 Å². The van der Waals surface area contributed by atoms with Crippen LogP contribution in [-0.2, 0) is 0 Å². The van der Waals surface area contributed by atoms with Crippen molar-refractivity contribution in [1.82, 2.24) is 0 Å². The molecule has 4 aliphatic carbocycles. The minimum Gasteiger partial charge on any atom is -0.411 e. The van der Waals surface area contributed by atoms with Crippen LogP contribution < -0.4 is 0 Å². The maximum absolute atomic E-state index is 11.1. The van der Waals surface area contributed by atoms with Gasteiger partial charge in [0.05, 0.1) is 5.71 Å². The number of hydrogen-bond donors (Lipinski definition) is 2. The van der Waals surface area contributed by atoms with Crippen molar-refractivity contribution in [1.29, 1.82) is 0 Å². The van der Waals surface area contributed by atoms with Gasteiger partial charge in [0.2, 0.25) is 0 Å². The lowest BCUT2D eigenvalue weighted by atomic mass is 9.49. The molecular weight excluding hydrogens is 298 g/mol. The van der Waals surface area contributed by atoms with E-state index in [0.29, 0.717) is 17.8 Å². The summed E-state index contributed by atoms with van der Waals surface area (Å²) in [7, 11) is 0. The van der Waals surface area contributed by atoms with E-state index in [4.69, 9.17) is 11.6 Å². The van der Waals surface area contributed by atoms with E-state index in [9.17, 15) is 5.11 Å². The fraction of sp³-hybridized carbons (Fsp3) is 0.762. The molecular formula is C21H29NO2.